The van der Waals surface area contributed by atoms with Crippen LogP contribution in [0, 0.1) is 5.92 Å². The van der Waals surface area contributed by atoms with Crippen molar-refractivity contribution in [3.05, 3.63) is 35.9 Å². The molecule has 118 valence electrons. The molecule has 1 aromatic carbocycles. The van der Waals surface area contributed by atoms with Crippen molar-refractivity contribution in [2.45, 2.75) is 43.9 Å². The third-order valence-corrected chi connectivity index (χ3v) is 4.93. The molecular formula is C18H24N2O2. The van der Waals surface area contributed by atoms with Gasteiger partial charge in [-0.05, 0) is 37.7 Å². The van der Waals surface area contributed by atoms with E-state index >= 15 is 0 Å². The second kappa shape index (κ2) is 6.51. The summed E-state index contributed by atoms with van der Waals surface area (Å²) in [5, 5.41) is 5.98. The van der Waals surface area contributed by atoms with Crippen LogP contribution in [-0.4, -0.2) is 24.9 Å². The van der Waals surface area contributed by atoms with E-state index in [9.17, 15) is 9.59 Å². The molecular weight excluding hydrogens is 276 g/mol. The van der Waals surface area contributed by atoms with Crippen molar-refractivity contribution in [2.24, 2.45) is 5.92 Å². The molecule has 0 aromatic heterocycles. The SMILES string of the molecule is O=C(NCCCNC(=O)C1(c2ccccc2)CC1)C1CCC1. The Kier molecular flexibility index (Phi) is 4.46. The maximum atomic E-state index is 12.4. The lowest BCUT2D eigenvalue weighted by Gasteiger charge is -2.24. The largest absolute Gasteiger partial charge is 0.356 e. The van der Waals surface area contributed by atoms with Crippen LogP contribution in [0.5, 0.6) is 0 Å². The van der Waals surface area contributed by atoms with Crippen LogP contribution in [-0.2, 0) is 15.0 Å². The molecule has 2 saturated carbocycles. The first-order valence-corrected chi connectivity index (χ1v) is 8.34. The third kappa shape index (κ3) is 3.16. The predicted molar refractivity (Wildman–Crippen MR) is 85.3 cm³/mol. The highest BCUT2D eigenvalue weighted by Gasteiger charge is 2.50. The number of amides is 2. The smallest absolute Gasteiger partial charge is 0.230 e. The number of hydrogen-bond donors (Lipinski definition) is 2. The van der Waals surface area contributed by atoms with Crippen LogP contribution >= 0.6 is 0 Å². The zero-order valence-electron chi connectivity index (χ0n) is 12.9. The van der Waals surface area contributed by atoms with Gasteiger partial charge in [0.2, 0.25) is 11.8 Å². The minimum atomic E-state index is -0.295. The molecule has 22 heavy (non-hydrogen) atoms. The van der Waals surface area contributed by atoms with Gasteiger partial charge < -0.3 is 10.6 Å². The highest BCUT2D eigenvalue weighted by Crippen LogP contribution is 2.48. The summed E-state index contributed by atoms with van der Waals surface area (Å²) in [7, 11) is 0. The number of rotatable bonds is 7. The van der Waals surface area contributed by atoms with Crippen LogP contribution in [0.4, 0.5) is 0 Å². The van der Waals surface area contributed by atoms with Crippen molar-refractivity contribution < 1.29 is 9.59 Å². The van der Waals surface area contributed by atoms with Crippen LogP contribution in [0.3, 0.4) is 0 Å². The van der Waals surface area contributed by atoms with Gasteiger partial charge in [0, 0.05) is 19.0 Å². The van der Waals surface area contributed by atoms with Gasteiger partial charge in [-0.15, -0.1) is 0 Å². The molecule has 2 amide bonds. The van der Waals surface area contributed by atoms with Gasteiger partial charge >= 0.3 is 0 Å². The summed E-state index contributed by atoms with van der Waals surface area (Å²) in [5.74, 6) is 0.548. The molecule has 0 aliphatic heterocycles. The molecule has 2 fully saturated rings. The van der Waals surface area contributed by atoms with E-state index in [4.69, 9.17) is 0 Å². The molecule has 0 spiro atoms. The maximum absolute atomic E-state index is 12.4. The van der Waals surface area contributed by atoms with E-state index in [2.05, 4.69) is 10.6 Å². The number of nitrogens with one attached hydrogen (secondary N) is 2. The second-order valence-electron chi connectivity index (χ2n) is 6.48. The second-order valence-corrected chi connectivity index (χ2v) is 6.48. The monoisotopic (exact) mass is 300 g/mol. The van der Waals surface area contributed by atoms with E-state index < -0.39 is 0 Å². The van der Waals surface area contributed by atoms with Crippen molar-refractivity contribution in [3.8, 4) is 0 Å². The molecule has 0 bridgehead atoms. The van der Waals surface area contributed by atoms with Crippen molar-refractivity contribution in [3.63, 3.8) is 0 Å². The number of benzene rings is 1. The molecule has 1 aromatic rings. The fourth-order valence-corrected chi connectivity index (χ4v) is 3.01. The standard InChI is InChI=1S/C18H24N2O2/c21-16(14-6-4-7-14)19-12-5-13-20-17(22)18(10-11-18)15-8-2-1-3-9-15/h1-3,8-9,14H,4-7,10-13H2,(H,19,21)(H,20,22). The van der Waals surface area contributed by atoms with Crippen molar-refractivity contribution >= 4 is 11.8 Å². The maximum Gasteiger partial charge on any atom is 0.230 e. The summed E-state index contributed by atoms with van der Waals surface area (Å²) < 4.78 is 0. The number of carbonyl (C=O) groups excluding carboxylic acids is 2. The number of hydrogen-bond acceptors (Lipinski definition) is 2. The quantitative estimate of drug-likeness (QED) is 0.758. The van der Waals surface area contributed by atoms with E-state index in [1.807, 2.05) is 30.3 Å². The van der Waals surface area contributed by atoms with Crippen LogP contribution in [0.25, 0.3) is 0 Å². The van der Waals surface area contributed by atoms with Gasteiger partial charge in [0.15, 0.2) is 0 Å². The molecule has 2 N–H and O–H groups in total. The molecule has 0 heterocycles. The molecule has 0 unspecified atom stereocenters. The molecule has 0 saturated heterocycles. The molecule has 4 nitrogen and oxygen atoms in total. The molecule has 2 aliphatic rings. The fourth-order valence-electron chi connectivity index (χ4n) is 3.01. The Bertz CT molecular complexity index is 533. The first-order valence-electron chi connectivity index (χ1n) is 8.34. The van der Waals surface area contributed by atoms with Gasteiger partial charge in [-0.1, -0.05) is 36.8 Å². The Balaban J connectivity index is 1.37. The van der Waals surface area contributed by atoms with E-state index in [1.54, 1.807) is 0 Å². The Hall–Kier alpha value is -1.84. The summed E-state index contributed by atoms with van der Waals surface area (Å²) in [5.41, 5.74) is 0.821. The first-order chi connectivity index (χ1) is 10.7. The Morgan fingerprint density at radius 1 is 1.05 bits per heavy atom. The topological polar surface area (TPSA) is 58.2 Å². The number of carbonyl (C=O) groups is 2. The van der Waals surface area contributed by atoms with Crippen LogP contribution < -0.4 is 10.6 Å². The van der Waals surface area contributed by atoms with Gasteiger partial charge in [0.25, 0.3) is 0 Å². The van der Waals surface area contributed by atoms with Gasteiger partial charge in [-0.3, -0.25) is 9.59 Å². The highest BCUT2D eigenvalue weighted by atomic mass is 16.2. The zero-order chi connectivity index (χ0) is 15.4. The van der Waals surface area contributed by atoms with E-state index in [0.29, 0.717) is 13.1 Å². The lowest BCUT2D eigenvalue weighted by molar-refractivity contribution is -0.127. The van der Waals surface area contributed by atoms with Crippen molar-refractivity contribution in [1.82, 2.24) is 10.6 Å². The van der Waals surface area contributed by atoms with Crippen LogP contribution in [0.2, 0.25) is 0 Å². The summed E-state index contributed by atoms with van der Waals surface area (Å²) in [4.78, 5) is 24.1. The fraction of sp³-hybridized carbons (Fsp3) is 0.556. The molecule has 4 heteroatoms. The third-order valence-electron chi connectivity index (χ3n) is 4.93. The van der Waals surface area contributed by atoms with Gasteiger partial charge in [-0.25, -0.2) is 0 Å². The van der Waals surface area contributed by atoms with Crippen LogP contribution in [0.1, 0.15) is 44.1 Å². The highest BCUT2D eigenvalue weighted by molar-refractivity contribution is 5.91. The Morgan fingerprint density at radius 3 is 2.32 bits per heavy atom. The van der Waals surface area contributed by atoms with Crippen LogP contribution in [0.15, 0.2) is 30.3 Å². The van der Waals surface area contributed by atoms with Crippen molar-refractivity contribution in [2.75, 3.05) is 13.1 Å². The Labute approximate surface area is 131 Å². The lowest BCUT2D eigenvalue weighted by atomic mass is 9.85. The van der Waals surface area contributed by atoms with Gasteiger partial charge in [-0.2, -0.15) is 0 Å². The lowest BCUT2D eigenvalue weighted by Crippen LogP contribution is -2.38. The zero-order valence-corrected chi connectivity index (χ0v) is 12.9. The molecule has 2 aliphatic carbocycles. The van der Waals surface area contributed by atoms with E-state index in [0.717, 1.165) is 37.7 Å². The normalized spacial score (nSPS) is 19.1. The molecule has 3 rings (SSSR count). The summed E-state index contributed by atoms with van der Waals surface area (Å²) in [6, 6.07) is 10.0. The summed E-state index contributed by atoms with van der Waals surface area (Å²) >= 11 is 0. The summed E-state index contributed by atoms with van der Waals surface area (Å²) in [6.07, 6.45) is 5.89. The average molecular weight is 300 g/mol. The molecule has 0 atom stereocenters. The predicted octanol–water partition coefficient (Wildman–Crippen LogP) is 2.14. The minimum absolute atomic E-state index is 0.129. The average Bonchev–Trinajstić information content (AvgIpc) is 3.27. The van der Waals surface area contributed by atoms with Gasteiger partial charge in [0.05, 0.1) is 5.41 Å². The van der Waals surface area contributed by atoms with E-state index in [1.165, 1.54) is 6.42 Å². The van der Waals surface area contributed by atoms with E-state index in [-0.39, 0.29) is 23.1 Å². The van der Waals surface area contributed by atoms with Crippen molar-refractivity contribution in [1.29, 1.82) is 0 Å². The molecule has 0 radical (unpaired) electrons. The van der Waals surface area contributed by atoms with Gasteiger partial charge in [0.1, 0.15) is 0 Å². The first kappa shape index (κ1) is 15.1. The minimum Gasteiger partial charge on any atom is -0.356 e. The summed E-state index contributed by atoms with van der Waals surface area (Å²) in [6.45, 7) is 1.27. The Morgan fingerprint density at radius 2 is 1.73 bits per heavy atom.